The predicted molar refractivity (Wildman–Crippen MR) is 145 cm³/mol. The lowest BCUT2D eigenvalue weighted by Crippen LogP contribution is -2.33. The number of nitrogens with one attached hydrogen (secondary N) is 2. The summed E-state index contributed by atoms with van der Waals surface area (Å²) in [7, 11) is 0. The van der Waals surface area contributed by atoms with Crippen molar-refractivity contribution >= 4 is 28.5 Å². The van der Waals surface area contributed by atoms with Gasteiger partial charge in [-0.15, -0.1) is 0 Å². The van der Waals surface area contributed by atoms with Crippen molar-refractivity contribution in [2.45, 2.75) is 51.7 Å². The largest absolute Gasteiger partial charge is 0.381 e. The lowest BCUT2D eigenvalue weighted by Gasteiger charge is -2.29. The first-order valence-electron chi connectivity index (χ1n) is 12.9. The SMILES string of the molecule is CCn1ncc2c(NC3CCC(C(N)=O)CC3)c(C(=O)NCc3ccccc3-c3ccccc3)cnc21. The van der Waals surface area contributed by atoms with E-state index in [0.29, 0.717) is 18.7 Å². The molecule has 2 amide bonds. The zero-order valence-corrected chi connectivity index (χ0v) is 21.0. The van der Waals surface area contributed by atoms with E-state index in [0.717, 1.165) is 59.1 Å². The first-order valence-corrected chi connectivity index (χ1v) is 12.9. The van der Waals surface area contributed by atoms with Crippen LogP contribution in [0.2, 0.25) is 0 Å². The molecule has 2 aromatic carbocycles. The van der Waals surface area contributed by atoms with Gasteiger partial charge in [0.05, 0.1) is 22.8 Å². The molecule has 2 heterocycles. The fraction of sp³-hybridized carbons (Fsp3) is 0.310. The minimum Gasteiger partial charge on any atom is -0.381 e. The maximum atomic E-state index is 13.5. The molecule has 0 unspecified atom stereocenters. The Bertz CT molecular complexity index is 1410. The lowest BCUT2D eigenvalue weighted by atomic mass is 9.85. The number of hydrogen-bond acceptors (Lipinski definition) is 5. The Hall–Kier alpha value is -4.20. The zero-order chi connectivity index (χ0) is 25.8. The number of aromatic nitrogens is 3. The lowest BCUT2D eigenvalue weighted by molar-refractivity contribution is -0.122. The molecule has 1 saturated carbocycles. The Morgan fingerprint density at radius 3 is 2.46 bits per heavy atom. The number of primary amides is 1. The quantitative estimate of drug-likeness (QED) is 0.332. The van der Waals surface area contributed by atoms with Crippen molar-refractivity contribution in [1.29, 1.82) is 0 Å². The van der Waals surface area contributed by atoms with Gasteiger partial charge in [-0.2, -0.15) is 5.10 Å². The maximum Gasteiger partial charge on any atom is 0.255 e. The second-order valence-corrected chi connectivity index (χ2v) is 9.55. The van der Waals surface area contributed by atoms with Crippen LogP contribution >= 0.6 is 0 Å². The Morgan fingerprint density at radius 1 is 1.00 bits per heavy atom. The highest BCUT2D eigenvalue weighted by atomic mass is 16.2. The van der Waals surface area contributed by atoms with E-state index in [-0.39, 0.29) is 23.8 Å². The van der Waals surface area contributed by atoms with E-state index in [2.05, 4.69) is 38.9 Å². The molecular formula is C29H32N6O2. The molecule has 0 bridgehead atoms. The highest BCUT2D eigenvalue weighted by Crippen LogP contribution is 2.32. The van der Waals surface area contributed by atoms with Crippen LogP contribution in [0.3, 0.4) is 0 Å². The average molecular weight is 497 g/mol. The molecule has 4 N–H and O–H groups in total. The molecule has 37 heavy (non-hydrogen) atoms. The normalized spacial score (nSPS) is 17.4. The van der Waals surface area contributed by atoms with Crippen LogP contribution < -0.4 is 16.4 Å². The first kappa shape index (κ1) is 24.5. The van der Waals surface area contributed by atoms with Gasteiger partial charge in [0.15, 0.2) is 5.65 Å². The number of pyridine rings is 1. The van der Waals surface area contributed by atoms with Crippen molar-refractivity contribution in [2.24, 2.45) is 11.7 Å². The van der Waals surface area contributed by atoms with Gasteiger partial charge in [-0.1, -0.05) is 54.6 Å². The third-order valence-electron chi connectivity index (χ3n) is 7.23. The fourth-order valence-electron chi connectivity index (χ4n) is 5.16. The number of anilines is 1. The van der Waals surface area contributed by atoms with Crippen LogP contribution in [0.15, 0.2) is 67.0 Å². The highest BCUT2D eigenvalue weighted by Gasteiger charge is 2.27. The van der Waals surface area contributed by atoms with Crippen LogP contribution in [0.1, 0.15) is 48.5 Å². The summed E-state index contributed by atoms with van der Waals surface area (Å²) in [6, 6.07) is 18.4. The Balaban J connectivity index is 1.40. The van der Waals surface area contributed by atoms with Crippen LogP contribution in [0, 0.1) is 5.92 Å². The number of aryl methyl sites for hydroxylation is 1. The first-order chi connectivity index (χ1) is 18.0. The van der Waals surface area contributed by atoms with Gasteiger partial charge in [0.25, 0.3) is 5.91 Å². The molecule has 0 atom stereocenters. The van der Waals surface area contributed by atoms with E-state index in [1.807, 2.05) is 48.0 Å². The van der Waals surface area contributed by atoms with Crippen LogP contribution in [0.5, 0.6) is 0 Å². The molecule has 0 radical (unpaired) electrons. The van der Waals surface area contributed by atoms with E-state index in [9.17, 15) is 9.59 Å². The summed E-state index contributed by atoms with van der Waals surface area (Å²) in [5.41, 5.74) is 10.7. The van der Waals surface area contributed by atoms with E-state index in [1.165, 1.54) is 0 Å². The molecule has 5 rings (SSSR count). The number of benzene rings is 2. The minimum absolute atomic E-state index is 0.0780. The van der Waals surface area contributed by atoms with Gasteiger partial charge in [-0.05, 0) is 49.3 Å². The van der Waals surface area contributed by atoms with E-state index in [4.69, 9.17) is 5.73 Å². The number of rotatable bonds is 8. The van der Waals surface area contributed by atoms with Gasteiger partial charge in [-0.3, -0.25) is 9.59 Å². The molecule has 8 nitrogen and oxygen atoms in total. The summed E-state index contributed by atoms with van der Waals surface area (Å²) in [5, 5.41) is 12.0. The smallest absolute Gasteiger partial charge is 0.255 e. The van der Waals surface area contributed by atoms with Crippen molar-refractivity contribution in [3.05, 3.63) is 78.1 Å². The number of fused-ring (bicyclic) bond motifs is 1. The van der Waals surface area contributed by atoms with Crippen molar-refractivity contribution < 1.29 is 9.59 Å². The number of nitrogens with zero attached hydrogens (tertiary/aromatic N) is 3. The number of hydrogen-bond donors (Lipinski definition) is 3. The molecule has 190 valence electrons. The van der Waals surface area contributed by atoms with Gasteiger partial charge in [-0.25, -0.2) is 9.67 Å². The summed E-state index contributed by atoms with van der Waals surface area (Å²) in [6.45, 7) is 3.08. The molecule has 4 aromatic rings. The van der Waals surface area contributed by atoms with Crippen molar-refractivity contribution in [3.8, 4) is 11.1 Å². The molecule has 8 heteroatoms. The van der Waals surface area contributed by atoms with E-state index >= 15 is 0 Å². The maximum absolute atomic E-state index is 13.5. The van der Waals surface area contributed by atoms with Gasteiger partial charge < -0.3 is 16.4 Å². The molecule has 1 fully saturated rings. The highest BCUT2D eigenvalue weighted by molar-refractivity contribution is 6.06. The molecule has 0 aliphatic heterocycles. The Kier molecular flexibility index (Phi) is 7.16. The van der Waals surface area contributed by atoms with E-state index < -0.39 is 0 Å². The van der Waals surface area contributed by atoms with Crippen LogP contribution in [-0.4, -0.2) is 32.6 Å². The standard InChI is InChI=1S/C29H32N6O2/c1-2-35-28-24(18-33-35)26(34-22-14-12-20(13-15-22)27(30)36)25(17-31-28)29(37)32-16-21-10-6-7-11-23(21)19-8-4-3-5-9-19/h3-11,17-18,20,22H,2,12-16H2,1H3,(H2,30,36)(H,31,34)(H,32,37). The third-order valence-corrected chi connectivity index (χ3v) is 7.23. The summed E-state index contributed by atoms with van der Waals surface area (Å²) >= 11 is 0. The number of carbonyl (C=O) groups is 2. The third kappa shape index (κ3) is 5.18. The second kappa shape index (κ2) is 10.8. The zero-order valence-electron chi connectivity index (χ0n) is 21.0. The summed E-state index contributed by atoms with van der Waals surface area (Å²) in [6.07, 6.45) is 6.51. The summed E-state index contributed by atoms with van der Waals surface area (Å²) in [4.78, 5) is 29.7. The summed E-state index contributed by atoms with van der Waals surface area (Å²) < 4.78 is 1.82. The van der Waals surface area contributed by atoms with Crippen LogP contribution in [-0.2, 0) is 17.9 Å². The average Bonchev–Trinajstić information content (AvgIpc) is 3.36. The molecule has 1 aliphatic rings. The monoisotopic (exact) mass is 496 g/mol. The number of nitrogens with two attached hydrogens (primary N) is 1. The Labute approximate surface area is 216 Å². The molecular weight excluding hydrogens is 464 g/mol. The van der Waals surface area contributed by atoms with Gasteiger partial charge in [0.2, 0.25) is 5.91 Å². The Morgan fingerprint density at radius 2 is 1.73 bits per heavy atom. The summed E-state index contributed by atoms with van der Waals surface area (Å²) in [5.74, 6) is -0.509. The predicted octanol–water partition coefficient (Wildman–Crippen LogP) is 4.50. The van der Waals surface area contributed by atoms with Crippen LogP contribution in [0.25, 0.3) is 22.2 Å². The molecule has 0 spiro atoms. The molecule has 1 aliphatic carbocycles. The number of amides is 2. The van der Waals surface area contributed by atoms with Crippen molar-refractivity contribution in [2.75, 3.05) is 5.32 Å². The fourth-order valence-corrected chi connectivity index (χ4v) is 5.16. The van der Waals surface area contributed by atoms with Gasteiger partial charge in [0, 0.05) is 31.2 Å². The molecule has 2 aromatic heterocycles. The van der Waals surface area contributed by atoms with Gasteiger partial charge >= 0.3 is 0 Å². The van der Waals surface area contributed by atoms with E-state index in [1.54, 1.807) is 12.4 Å². The van der Waals surface area contributed by atoms with Gasteiger partial charge in [0.1, 0.15) is 0 Å². The van der Waals surface area contributed by atoms with Crippen molar-refractivity contribution in [3.63, 3.8) is 0 Å². The second-order valence-electron chi connectivity index (χ2n) is 9.55. The molecule has 0 saturated heterocycles. The van der Waals surface area contributed by atoms with Crippen molar-refractivity contribution in [1.82, 2.24) is 20.1 Å². The topological polar surface area (TPSA) is 115 Å². The number of carbonyl (C=O) groups excluding carboxylic acids is 2. The van der Waals surface area contributed by atoms with Crippen LogP contribution in [0.4, 0.5) is 5.69 Å². The minimum atomic E-state index is -0.232.